The van der Waals surface area contributed by atoms with Gasteiger partial charge in [0, 0.05) is 24.7 Å². The van der Waals surface area contributed by atoms with E-state index < -0.39 is 6.10 Å². The lowest BCUT2D eigenvalue weighted by Crippen LogP contribution is -2.43. The summed E-state index contributed by atoms with van der Waals surface area (Å²) in [6, 6.07) is 19.6. The van der Waals surface area contributed by atoms with Gasteiger partial charge in [0.25, 0.3) is 0 Å². The Morgan fingerprint density at radius 3 is 2.31 bits per heavy atom. The molecule has 0 saturated carbocycles. The molecule has 0 spiro atoms. The third-order valence-electron chi connectivity index (χ3n) is 5.71. The molecule has 0 saturated heterocycles. The van der Waals surface area contributed by atoms with Crippen molar-refractivity contribution in [3.8, 4) is 17.2 Å². The van der Waals surface area contributed by atoms with Crippen molar-refractivity contribution in [3.63, 3.8) is 0 Å². The van der Waals surface area contributed by atoms with Gasteiger partial charge in [-0.1, -0.05) is 36.4 Å². The highest BCUT2D eigenvalue weighted by atomic mass is 16.5. The van der Waals surface area contributed by atoms with E-state index in [9.17, 15) is 20.1 Å². The number of benzene rings is 3. The number of phenolic OH excluding ortho intramolecular Hbond substituents is 2. The van der Waals surface area contributed by atoms with Gasteiger partial charge in [0.05, 0.1) is 19.6 Å². The van der Waals surface area contributed by atoms with Crippen molar-refractivity contribution in [3.05, 3.63) is 89.0 Å². The molecule has 0 radical (unpaired) electrons. The molecule has 7 heteroatoms. The minimum atomic E-state index is -0.883. The summed E-state index contributed by atoms with van der Waals surface area (Å²) in [4.78, 5) is 12.5. The lowest BCUT2D eigenvalue weighted by atomic mass is 9.93. The van der Waals surface area contributed by atoms with Crippen LogP contribution in [0.15, 0.2) is 66.7 Å². The Bertz CT molecular complexity index is 1130. The summed E-state index contributed by atoms with van der Waals surface area (Å²) < 4.78 is 5.22. The van der Waals surface area contributed by atoms with E-state index >= 15 is 0 Å². The van der Waals surface area contributed by atoms with Gasteiger partial charge in [0.15, 0.2) is 0 Å². The van der Waals surface area contributed by atoms with Crippen LogP contribution in [-0.2, 0) is 24.2 Å². The van der Waals surface area contributed by atoms with Gasteiger partial charge in [-0.2, -0.15) is 0 Å². The first-order chi connectivity index (χ1) is 16.6. The predicted octanol–water partition coefficient (Wildman–Crippen LogP) is 3.61. The largest absolute Gasteiger partial charge is 0.508 e. The second-order valence-corrected chi connectivity index (χ2v) is 9.37. The molecule has 0 heterocycles. The topological polar surface area (TPSA) is 111 Å². The zero-order valence-corrected chi connectivity index (χ0v) is 20.4. The van der Waals surface area contributed by atoms with Crippen molar-refractivity contribution in [2.75, 3.05) is 13.7 Å². The van der Waals surface area contributed by atoms with E-state index in [1.54, 1.807) is 7.11 Å². The normalized spacial score (nSPS) is 12.2. The highest BCUT2D eigenvalue weighted by Crippen LogP contribution is 2.25. The quantitative estimate of drug-likeness (QED) is 0.288. The van der Waals surface area contributed by atoms with Crippen LogP contribution in [0.2, 0.25) is 0 Å². The van der Waals surface area contributed by atoms with Crippen LogP contribution in [0.3, 0.4) is 0 Å². The average molecular weight is 479 g/mol. The summed E-state index contributed by atoms with van der Waals surface area (Å²) in [5.41, 5.74) is 3.07. The lowest BCUT2D eigenvalue weighted by Gasteiger charge is -2.28. The molecule has 0 aromatic heterocycles. The minimum absolute atomic E-state index is 0.0557. The maximum Gasteiger partial charge on any atom is 0.224 e. The first-order valence-corrected chi connectivity index (χ1v) is 11.6. The molecular formula is C28H34N2O5. The van der Waals surface area contributed by atoms with Crippen LogP contribution in [0.4, 0.5) is 0 Å². The number of hydrogen-bond donors (Lipinski definition) is 5. The molecule has 0 bridgehead atoms. The second-order valence-electron chi connectivity index (χ2n) is 9.37. The lowest BCUT2D eigenvalue weighted by molar-refractivity contribution is -0.120. The van der Waals surface area contributed by atoms with Gasteiger partial charge < -0.3 is 30.7 Å². The number of nitrogens with one attached hydrogen (secondary N) is 2. The van der Waals surface area contributed by atoms with Crippen molar-refractivity contribution >= 4 is 5.91 Å². The number of carbonyl (C=O) groups is 1. The molecule has 7 nitrogen and oxygen atoms in total. The van der Waals surface area contributed by atoms with E-state index in [2.05, 4.69) is 10.6 Å². The Morgan fingerprint density at radius 1 is 0.943 bits per heavy atom. The molecule has 0 fully saturated rings. The molecule has 0 aliphatic carbocycles. The molecule has 5 N–H and O–H groups in total. The smallest absolute Gasteiger partial charge is 0.224 e. The number of hydrogen-bond acceptors (Lipinski definition) is 6. The highest BCUT2D eigenvalue weighted by Gasteiger charge is 2.20. The summed E-state index contributed by atoms with van der Waals surface area (Å²) >= 11 is 0. The monoisotopic (exact) mass is 478 g/mol. The Morgan fingerprint density at radius 2 is 1.60 bits per heavy atom. The van der Waals surface area contributed by atoms with Crippen molar-refractivity contribution in [1.29, 1.82) is 0 Å². The van der Waals surface area contributed by atoms with Gasteiger partial charge in [-0.05, 0) is 66.8 Å². The maximum absolute atomic E-state index is 12.5. The van der Waals surface area contributed by atoms with Crippen LogP contribution < -0.4 is 15.4 Å². The molecule has 3 aromatic carbocycles. The predicted molar refractivity (Wildman–Crippen MR) is 136 cm³/mol. The van der Waals surface area contributed by atoms with E-state index in [4.69, 9.17) is 4.74 Å². The van der Waals surface area contributed by atoms with E-state index in [1.807, 2.05) is 62.4 Å². The SMILES string of the molecule is COc1cccc(CNC(=O)Cc2cccc(CC(C)(C)NCC(O)c3cc(O)cc(O)c3)c2)c1. The average Bonchev–Trinajstić information content (AvgIpc) is 2.81. The number of aliphatic hydroxyl groups is 1. The third kappa shape index (κ3) is 8.31. The Hall–Kier alpha value is -3.55. The molecule has 0 aliphatic rings. The molecule has 1 amide bonds. The zero-order valence-electron chi connectivity index (χ0n) is 20.4. The number of carbonyl (C=O) groups excluding carboxylic acids is 1. The van der Waals surface area contributed by atoms with Gasteiger partial charge in [-0.15, -0.1) is 0 Å². The number of amides is 1. The summed E-state index contributed by atoms with van der Waals surface area (Å²) in [7, 11) is 1.62. The van der Waals surface area contributed by atoms with Crippen molar-refractivity contribution in [2.45, 2.75) is 44.9 Å². The number of rotatable bonds is 11. The van der Waals surface area contributed by atoms with Crippen LogP contribution >= 0.6 is 0 Å². The number of aliphatic hydroxyl groups excluding tert-OH is 1. The number of β-amino-alcohol motifs (C(OH)–C–C–N with tert-alkyl or cyclic N) is 1. The first kappa shape index (κ1) is 26.1. The minimum Gasteiger partial charge on any atom is -0.508 e. The van der Waals surface area contributed by atoms with Gasteiger partial charge in [0.1, 0.15) is 17.2 Å². The molecular weight excluding hydrogens is 444 g/mol. The van der Waals surface area contributed by atoms with Gasteiger partial charge in [-0.3, -0.25) is 4.79 Å². The molecule has 186 valence electrons. The highest BCUT2D eigenvalue weighted by molar-refractivity contribution is 5.78. The molecule has 1 unspecified atom stereocenters. The van der Waals surface area contributed by atoms with Crippen LogP contribution in [-0.4, -0.2) is 40.4 Å². The Balaban J connectivity index is 1.52. The molecule has 1 atom stereocenters. The van der Waals surface area contributed by atoms with Crippen molar-refractivity contribution in [2.24, 2.45) is 0 Å². The Labute approximate surface area is 206 Å². The molecule has 3 aromatic rings. The fourth-order valence-electron chi connectivity index (χ4n) is 3.95. The van der Waals surface area contributed by atoms with Crippen LogP contribution in [0.5, 0.6) is 17.2 Å². The Kier molecular flexibility index (Phi) is 8.73. The van der Waals surface area contributed by atoms with E-state index in [0.29, 0.717) is 18.5 Å². The molecule has 3 rings (SSSR count). The molecule has 35 heavy (non-hydrogen) atoms. The van der Waals surface area contributed by atoms with Crippen LogP contribution in [0.1, 0.15) is 42.2 Å². The van der Waals surface area contributed by atoms with Crippen LogP contribution in [0, 0.1) is 0 Å². The van der Waals surface area contributed by atoms with Crippen LogP contribution in [0.25, 0.3) is 0 Å². The van der Waals surface area contributed by atoms with Crippen molar-refractivity contribution in [1.82, 2.24) is 10.6 Å². The van der Waals surface area contributed by atoms with Gasteiger partial charge in [0.2, 0.25) is 5.91 Å². The van der Waals surface area contributed by atoms with Gasteiger partial charge in [-0.25, -0.2) is 0 Å². The summed E-state index contributed by atoms with van der Waals surface area (Å²) in [5, 5.41) is 36.1. The zero-order chi connectivity index (χ0) is 25.4. The fraction of sp³-hybridized carbons (Fsp3) is 0.321. The number of aromatic hydroxyl groups is 2. The van der Waals surface area contributed by atoms with E-state index in [1.165, 1.54) is 18.2 Å². The van der Waals surface area contributed by atoms with E-state index in [0.717, 1.165) is 22.4 Å². The first-order valence-electron chi connectivity index (χ1n) is 11.6. The third-order valence-corrected chi connectivity index (χ3v) is 5.71. The van der Waals surface area contributed by atoms with E-state index in [-0.39, 0.29) is 35.9 Å². The number of ether oxygens (including phenoxy) is 1. The van der Waals surface area contributed by atoms with Gasteiger partial charge >= 0.3 is 0 Å². The standard InChI is InChI=1S/C28H34N2O5/c1-28(2,30-18-26(33)22-13-23(31)15-24(32)14-22)16-20-7-4-6-19(10-20)12-27(34)29-17-21-8-5-9-25(11-21)35-3/h4-11,13-15,26,30-33H,12,16-18H2,1-3H3,(H,29,34). The summed E-state index contributed by atoms with van der Waals surface area (Å²) in [6.07, 6.45) is 0.0854. The maximum atomic E-state index is 12.5. The number of phenols is 2. The summed E-state index contributed by atoms with van der Waals surface area (Å²) in [6.45, 7) is 4.76. The van der Waals surface area contributed by atoms with Crippen molar-refractivity contribution < 1.29 is 24.9 Å². The molecule has 0 aliphatic heterocycles. The fourth-order valence-corrected chi connectivity index (χ4v) is 3.95. The second kappa shape index (κ2) is 11.7. The summed E-state index contributed by atoms with van der Waals surface area (Å²) in [5.74, 6) is 0.512. The number of methoxy groups -OCH3 is 1.